The highest BCUT2D eigenvalue weighted by Gasteiger charge is 2.10. The molecule has 0 unspecified atom stereocenters. The molecule has 86 valence electrons. The fourth-order valence-electron chi connectivity index (χ4n) is 1.00. The molecule has 0 aliphatic heterocycles. The van der Waals surface area contributed by atoms with Crippen molar-refractivity contribution < 1.29 is 4.74 Å². The number of benzene rings is 1. The first kappa shape index (κ1) is 12.7. The van der Waals surface area contributed by atoms with Gasteiger partial charge in [-0.05, 0) is 18.2 Å². The normalized spacial score (nSPS) is 11.1. The monoisotopic (exact) mass is 259 g/mol. The van der Waals surface area contributed by atoms with Crippen LogP contribution in [-0.2, 0) is 0 Å². The van der Waals surface area contributed by atoms with Crippen LogP contribution < -0.4 is 15.9 Å². The molecule has 0 amide bonds. The fraction of sp³-hybridized carbons (Fsp3) is 0.100. The van der Waals surface area contributed by atoms with Crippen LogP contribution in [0.25, 0.3) is 0 Å². The Morgan fingerprint density at radius 2 is 2.06 bits per heavy atom. The molecular weight excluding hydrogens is 249 g/mol. The lowest BCUT2D eigenvalue weighted by molar-refractivity contribution is 0.547. The zero-order valence-electron chi connectivity index (χ0n) is 8.63. The molecule has 0 atom stereocenters. The van der Waals surface area contributed by atoms with Crippen molar-refractivity contribution in [3.63, 3.8) is 0 Å². The first-order valence-electron chi connectivity index (χ1n) is 4.37. The van der Waals surface area contributed by atoms with Gasteiger partial charge in [0.15, 0.2) is 5.75 Å². The van der Waals surface area contributed by atoms with Crippen LogP contribution in [0.5, 0.6) is 5.75 Å². The van der Waals surface area contributed by atoms with Gasteiger partial charge in [-0.15, -0.1) is 5.10 Å². The predicted octanol–water partition coefficient (Wildman–Crippen LogP) is 2.67. The Morgan fingerprint density at radius 3 is 2.50 bits per heavy atom. The maximum absolute atomic E-state index is 5.94. The molecule has 1 rings (SSSR count). The highest BCUT2D eigenvalue weighted by atomic mass is 35.5. The molecular formula is C10H11Cl2N3O. The van der Waals surface area contributed by atoms with E-state index in [4.69, 9.17) is 33.7 Å². The molecule has 0 spiro atoms. The van der Waals surface area contributed by atoms with E-state index >= 15 is 0 Å². The van der Waals surface area contributed by atoms with Gasteiger partial charge in [0.25, 0.3) is 0 Å². The number of anilines is 1. The zero-order valence-corrected chi connectivity index (χ0v) is 10.1. The number of nitrogens with one attached hydrogen (secondary N) is 1. The summed E-state index contributed by atoms with van der Waals surface area (Å²) in [4.78, 5) is 0. The highest BCUT2D eigenvalue weighted by Crippen LogP contribution is 2.35. The topological polar surface area (TPSA) is 59.6 Å². The zero-order chi connectivity index (χ0) is 12.1. The lowest BCUT2D eigenvalue weighted by Gasteiger charge is -2.09. The Labute approximate surface area is 104 Å². The summed E-state index contributed by atoms with van der Waals surface area (Å²) in [6, 6.07) is 3.09. The van der Waals surface area contributed by atoms with Gasteiger partial charge < -0.3 is 15.9 Å². The summed E-state index contributed by atoms with van der Waals surface area (Å²) in [7, 11) is 1.64. The summed E-state index contributed by atoms with van der Waals surface area (Å²) in [5, 5.41) is 4.45. The second-order valence-electron chi connectivity index (χ2n) is 2.79. The molecule has 0 saturated heterocycles. The van der Waals surface area contributed by atoms with Gasteiger partial charge in [-0.3, -0.25) is 0 Å². The minimum absolute atomic E-state index is 0.260. The van der Waals surface area contributed by atoms with E-state index in [1.165, 1.54) is 6.08 Å². The molecule has 0 saturated carbocycles. The molecule has 1 aromatic carbocycles. The van der Waals surface area contributed by atoms with E-state index in [2.05, 4.69) is 17.1 Å². The van der Waals surface area contributed by atoms with E-state index in [-0.39, 0.29) is 5.90 Å². The average Bonchev–Trinajstić information content (AvgIpc) is 2.21. The molecule has 0 heterocycles. The molecule has 1 aromatic rings. The van der Waals surface area contributed by atoms with Crippen LogP contribution in [0.4, 0.5) is 5.69 Å². The largest absolute Gasteiger partial charge is 0.435 e. The van der Waals surface area contributed by atoms with Gasteiger partial charge >= 0.3 is 0 Å². The number of hydrogen-bond acceptors (Lipinski definition) is 4. The lowest BCUT2D eigenvalue weighted by Crippen LogP contribution is -2.10. The Hall–Kier alpha value is -1.39. The first-order chi connectivity index (χ1) is 7.58. The number of hydrogen-bond donors (Lipinski definition) is 2. The third kappa shape index (κ3) is 3.05. The van der Waals surface area contributed by atoms with Crippen molar-refractivity contribution in [1.82, 2.24) is 5.43 Å². The van der Waals surface area contributed by atoms with Crippen molar-refractivity contribution in [2.75, 3.05) is 12.8 Å². The van der Waals surface area contributed by atoms with E-state index in [0.717, 1.165) is 0 Å². The third-order valence-corrected chi connectivity index (χ3v) is 2.19. The van der Waals surface area contributed by atoms with E-state index in [1.807, 2.05) is 0 Å². The molecule has 6 heteroatoms. The van der Waals surface area contributed by atoms with E-state index in [1.54, 1.807) is 19.2 Å². The molecule has 3 N–H and O–H groups in total. The van der Waals surface area contributed by atoms with Gasteiger partial charge in [0.05, 0.1) is 10.0 Å². The first-order valence-corrected chi connectivity index (χ1v) is 5.13. The molecule has 0 aliphatic carbocycles. The molecule has 16 heavy (non-hydrogen) atoms. The summed E-state index contributed by atoms with van der Waals surface area (Å²) in [6.45, 7) is 3.55. The molecule has 0 aliphatic rings. The molecule has 0 bridgehead atoms. The van der Waals surface area contributed by atoms with Crippen LogP contribution in [0.3, 0.4) is 0 Å². The number of nitrogens with two attached hydrogens (primary N) is 1. The van der Waals surface area contributed by atoms with Crippen LogP contribution in [0, 0.1) is 0 Å². The number of nitrogens with zero attached hydrogens (tertiary/aromatic N) is 1. The number of nitrogen functional groups attached to an aromatic ring is 1. The summed E-state index contributed by atoms with van der Waals surface area (Å²) in [6.07, 6.45) is 1.43. The van der Waals surface area contributed by atoms with E-state index in [0.29, 0.717) is 21.5 Å². The smallest absolute Gasteiger partial charge is 0.235 e. The molecule has 0 aromatic heterocycles. The van der Waals surface area contributed by atoms with Crippen LogP contribution in [0.15, 0.2) is 29.9 Å². The highest BCUT2D eigenvalue weighted by molar-refractivity contribution is 6.37. The third-order valence-electron chi connectivity index (χ3n) is 1.62. The van der Waals surface area contributed by atoms with Crippen molar-refractivity contribution in [2.45, 2.75) is 0 Å². The van der Waals surface area contributed by atoms with Crippen molar-refractivity contribution in [3.05, 3.63) is 34.8 Å². The van der Waals surface area contributed by atoms with Gasteiger partial charge in [-0.25, -0.2) is 0 Å². The van der Waals surface area contributed by atoms with Crippen molar-refractivity contribution >= 4 is 34.8 Å². The molecule has 4 nitrogen and oxygen atoms in total. The van der Waals surface area contributed by atoms with Crippen molar-refractivity contribution in [2.24, 2.45) is 5.10 Å². The summed E-state index contributed by atoms with van der Waals surface area (Å²) < 4.78 is 5.37. The summed E-state index contributed by atoms with van der Waals surface area (Å²) >= 11 is 11.9. The van der Waals surface area contributed by atoms with E-state index < -0.39 is 0 Å². The standard InChI is InChI=1S/C10H11Cl2N3O/c1-3-9(15-14-2)16-10-7(11)4-6(13)5-8(10)12/h3-5,14H,1,13H2,2H3/b15-9+. The quantitative estimate of drug-likeness (QED) is 0.380. The van der Waals surface area contributed by atoms with Gasteiger partial charge in [0, 0.05) is 12.7 Å². The van der Waals surface area contributed by atoms with Crippen molar-refractivity contribution in [1.29, 1.82) is 0 Å². The van der Waals surface area contributed by atoms with Crippen LogP contribution >= 0.6 is 23.2 Å². The second kappa shape index (κ2) is 5.63. The SMILES string of the molecule is C=C/C(=N\NC)Oc1c(Cl)cc(N)cc1Cl. The Balaban J connectivity index is 3.05. The fourth-order valence-corrected chi connectivity index (χ4v) is 1.58. The molecule has 0 fully saturated rings. The van der Waals surface area contributed by atoms with Crippen LogP contribution in [0.1, 0.15) is 0 Å². The minimum atomic E-state index is 0.260. The second-order valence-corrected chi connectivity index (χ2v) is 3.61. The van der Waals surface area contributed by atoms with Gasteiger partial charge in [-0.1, -0.05) is 29.8 Å². The Morgan fingerprint density at radius 1 is 1.50 bits per heavy atom. The number of hydrazone groups is 1. The summed E-state index contributed by atoms with van der Waals surface area (Å²) in [5.74, 6) is 0.558. The van der Waals surface area contributed by atoms with Gasteiger partial charge in [0.1, 0.15) is 0 Å². The van der Waals surface area contributed by atoms with Crippen LogP contribution in [0.2, 0.25) is 10.0 Å². The maximum atomic E-state index is 5.94. The molecule has 0 radical (unpaired) electrons. The Bertz CT molecular complexity index is 409. The summed E-state index contributed by atoms with van der Waals surface area (Å²) in [5.41, 5.74) is 8.60. The average molecular weight is 260 g/mol. The number of halogens is 2. The van der Waals surface area contributed by atoms with Crippen LogP contribution in [-0.4, -0.2) is 12.9 Å². The lowest BCUT2D eigenvalue weighted by atomic mass is 10.3. The van der Waals surface area contributed by atoms with Crippen molar-refractivity contribution in [3.8, 4) is 5.75 Å². The predicted molar refractivity (Wildman–Crippen MR) is 68.2 cm³/mol. The van der Waals surface area contributed by atoms with Gasteiger partial charge in [-0.2, -0.15) is 0 Å². The number of ether oxygens (including phenoxy) is 1. The van der Waals surface area contributed by atoms with Gasteiger partial charge in [0.2, 0.25) is 5.90 Å². The Kier molecular flexibility index (Phi) is 4.46. The minimum Gasteiger partial charge on any atom is -0.435 e. The van der Waals surface area contributed by atoms with E-state index in [9.17, 15) is 0 Å². The maximum Gasteiger partial charge on any atom is 0.235 e. The number of rotatable bonds is 3.